The van der Waals surface area contributed by atoms with E-state index in [-0.39, 0.29) is 17.4 Å². The monoisotopic (exact) mass is 330 g/mol. The standard InChI is InChI=1S/C20H30N2O2/c1-3-4-10-21-11-12-24-16-20(14-21)13-19(23)22(15-20)17(2)18-8-6-5-7-9-18/h5-9,17H,3-4,10-16H2,1-2H3/t17-,20-/m0/s1. The highest BCUT2D eigenvalue weighted by atomic mass is 16.5. The summed E-state index contributed by atoms with van der Waals surface area (Å²) in [6.45, 7) is 9.76. The zero-order valence-corrected chi connectivity index (χ0v) is 15.0. The predicted octanol–water partition coefficient (Wildman–Crippen LogP) is 3.10. The van der Waals surface area contributed by atoms with Gasteiger partial charge in [0.25, 0.3) is 0 Å². The number of ether oxygens (including phenoxy) is 1. The van der Waals surface area contributed by atoms with Crippen LogP contribution in [-0.4, -0.2) is 55.1 Å². The first kappa shape index (κ1) is 17.4. The Bertz CT molecular complexity index is 548. The molecule has 2 fully saturated rings. The van der Waals surface area contributed by atoms with Crippen LogP contribution in [0, 0.1) is 5.41 Å². The first-order valence-corrected chi connectivity index (χ1v) is 9.28. The third kappa shape index (κ3) is 3.81. The number of rotatable bonds is 5. The van der Waals surface area contributed by atoms with Gasteiger partial charge in [0, 0.05) is 31.5 Å². The van der Waals surface area contributed by atoms with E-state index in [4.69, 9.17) is 4.74 Å². The number of likely N-dealkylation sites (tertiary alicyclic amines) is 1. The van der Waals surface area contributed by atoms with Gasteiger partial charge in [-0.25, -0.2) is 0 Å². The van der Waals surface area contributed by atoms with Crippen molar-refractivity contribution < 1.29 is 9.53 Å². The average Bonchev–Trinajstić information content (AvgIpc) is 2.79. The summed E-state index contributed by atoms with van der Waals surface area (Å²) in [6, 6.07) is 10.5. The van der Waals surface area contributed by atoms with Gasteiger partial charge in [0.15, 0.2) is 0 Å². The van der Waals surface area contributed by atoms with Gasteiger partial charge in [-0.3, -0.25) is 4.79 Å². The summed E-state index contributed by atoms with van der Waals surface area (Å²) in [5.41, 5.74) is 1.17. The average molecular weight is 330 g/mol. The largest absolute Gasteiger partial charge is 0.379 e. The first-order valence-electron chi connectivity index (χ1n) is 9.28. The SMILES string of the molecule is CCCCN1CCOC[C@@]2(CC(=O)N([C@@H](C)c3ccccc3)C2)C1. The summed E-state index contributed by atoms with van der Waals surface area (Å²) in [7, 11) is 0. The fourth-order valence-electron chi connectivity index (χ4n) is 4.05. The minimum absolute atomic E-state index is 0.0373. The van der Waals surface area contributed by atoms with Crippen LogP contribution in [-0.2, 0) is 9.53 Å². The molecule has 1 amide bonds. The molecule has 0 aliphatic carbocycles. The van der Waals surface area contributed by atoms with Crippen LogP contribution in [0.4, 0.5) is 0 Å². The minimum atomic E-state index is -0.0373. The third-order valence-electron chi connectivity index (χ3n) is 5.45. The van der Waals surface area contributed by atoms with Gasteiger partial charge >= 0.3 is 0 Å². The highest BCUT2D eigenvalue weighted by molar-refractivity contribution is 5.80. The second kappa shape index (κ2) is 7.66. The maximum absolute atomic E-state index is 12.7. The Morgan fingerprint density at radius 2 is 2.04 bits per heavy atom. The van der Waals surface area contributed by atoms with Gasteiger partial charge in [-0.15, -0.1) is 0 Å². The number of nitrogens with zero attached hydrogens (tertiary/aromatic N) is 2. The van der Waals surface area contributed by atoms with Crippen molar-refractivity contribution in [1.82, 2.24) is 9.80 Å². The molecule has 2 heterocycles. The summed E-state index contributed by atoms with van der Waals surface area (Å²) in [5.74, 6) is 0.271. The van der Waals surface area contributed by atoms with Crippen LogP contribution in [0.3, 0.4) is 0 Å². The summed E-state index contributed by atoms with van der Waals surface area (Å²) in [6.07, 6.45) is 3.04. The van der Waals surface area contributed by atoms with Crippen molar-refractivity contribution in [2.75, 3.05) is 39.4 Å². The number of hydrogen-bond donors (Lipinski definition) is 0. The van der Waals surface area contributed by atoms with Gasteiger partial charge in [0.2, 0.25) is 5.91 Å². The Morgan fingerprint density at radius 1 is 1.25 bits per heavy atom. The van der Waals surface area contributed by atoms with E-state index < -0.39 is 0 Å². The number of carbonyl (C=O) groups excluding carboxylic acids is 1. The van der Waals surface area contributed by atoms with Crippen molar-refractivity contribution in [3.63, 3.8) is 0 Å². The number of unbranched alkanes of at least 4 members (excludes halogenated alkanes) is 1. The fourth-order valence-corrected chi connectivity index (χ4v) is 4.05. The van der Waals surface area contributed by atoms with Crippen LogP contribution in [0.5, 0.6) is 0 Å². The Labute approximate surface area is 145 Å². The molecule has 24 heavy (non-hydrogen) atoms. The molecule has 2 atom stereocenters. The maximum Gasteiger partial charge on any atom is 0.223 e. The van der Waals surface area contributed by atoms with E-state index in [0.29, 0.717) is 13.0 Å². The first-order chi connectivity index (χ1) is 11.6. The Hall–Kier alpha value is -1.39. The topological polar surface area (TPSA) is 32.8 Å². The third-order valence-corrected chi connectivity index (χ3v) is 5.45. The van der Waals surface area contributed by atoms with E-state index in [9.17, 15) is 4.79 Å². The molecular formula is C20H30N2O2. The molecule has 0 N–H and O–H groups in total. The van der Waals surface area contributed by atoms with Crippen LogP contribution in [0.1, 0.15) is 44.7 Å². The van der Waals surface area contributed by atoms with E-state index in [2.05, 4.69) is 35.8 Å². The van der Waals surface area contributed by atoms with Crippen molar-refractivity contribution >= 4 is 5.91 Å². The van der Waals surface area contributed by atoms with E-state index in [0.717, 1.165) is 32.8 Å². The minimum Gasteiger partial charge on any atom is -0.379 e. The lowest BCUT2D eigenvalue weighted by molar-refractivity contribution is -0.129. The number of hydrogen-bond acceptors (Lipinski definition) is 3. The molecule has 2 aliphatic rings. The Balaban J connectivity index is 1.72. The van der Waals surface area contributed by atoms with Crippen molar-refractivity contribution in [3.8, 4) is 0 Å². The normalized spacial score (nSPS) is 26.8. The molecule has 1 aromatic rings. The molecular weight excluding hydrogens is 300 g/mol. The maximum atomic E-state index is 12.7. The molecule has 2 saturated heterocycles. The lowest BCUT2D eigenvalue weighted by Gasteiger charge is -2.32. The molecule has 0 aromatic heterocycles. The molecule has 132 valence electrons. The van der Waals surface area contributed by atoms with Crippen LogP contribution in [0.15, 0.2) is 30.3 Å². The van der Waals surface area contributed by atoms with E-state index in [1.807, 2.05) is 18.2 Å². The van der Waals surface area contributed by atoms with Crippen LogP contribution in [0.2, 0.25) is 0 Å². The van der Waals surface area contributed by atoms with E-state index in [1.165, 1.54) is 18.4 Å². The summed E-state index contributed by atoms with van der Waals surface area (Å²) in [5, 5.41) is 0. The van der Waals surface area contributed by atoms with Gasteiger partial charge in [0.05, 0.1) is 19.3 Å². The lowest BCUT2D eigenvalue weighted by atomic mass is 9.87. The van der Waals surface area contributed by atoms with Gasteiger partial charge in [-0.2, -0.15) is 0 Å². The summed E-state index contributed by atoms with van der Waals surface area (Å²) < 4.78 is 5.90. The molecule has 3 rings (SSSR count). The smallest absolute Gasteiger partial charge is 0.223 e. The van der Waals surface area contributed by atoms with Gasteiger partial charge in [0.1, 0.15) is 0 Å². The van der Waals surface area contributed by atoms with Crippen molar-refractivity contribution in [2.45, 2.75) is 39.2 Å². The lowest BCUT2D eigenvalue weighted by Crippen LogP contribution is -2.41. The van der Waals surface area contributed by atoms with E-state index in [1.54, 1.807) is 0 Å². The molecule has 0 bridgehead atoms. The number of carbonyl (C=O) groups is 1. The molecule has 0 radical (unpaired) electrons. The summed E-state index contributed by atoms with van der Waals surface area (Å²) >= 11 is 0. The predicted molar refractivity (Wildman–Crippen MR) is 95.8 cm³/mol. The van der Waals surface area contributed by atoms with Gasteiger partial charge in [-0.05, 0) is 25.5 Å². The molecule has 4 heteroatoms. The quantitative estimate of drug-likeness (QED) is 0.832. The second-order valence-electron chi connectivity index (χ2n) is 7.47. The van der Waals surface area contributed by atoms with Gasteiger partial charge in [-0.1, -0.05) is 43.7 Å². The van der Waals surface area contributed by atoms with Crippen molar-refractivity contribution in [3.05, 3.63) is 35.9 Å². The zero-order valence-electron chi connectivity index (χ0n) is 15.0. The molecule has 4 nitrogen and oxygen atoms in total. The van der Waals surface area contributed by atoms with Crippen molar-refractivity contribution in [2.24, 2.45) is 5.41 Å². The molecule has 0 unspecified atom stereocenters. The number of benzene rings is 1. The molecule has 1 spiro atoms. The van der Waals surface area contributed by atoms with Crippen LogP contribution >= 0.6 is 0 Å². The Morgan fingerprint density at radius 3 is 2.79 bits per heavy atom. The molecule has 2 aliphatic heterocycles. The molecule has 1 aromatic carbocycles. The van der Waals surface area contributed by atoms with E-state index >= 15 is 0 Å². The highest BCUT2D eigenvalue weighted by Crippen LogP contribution is 2.38. The zero-order chi connectivity index (χ0) is 17.0. The molecule has 0 saturated carbocycles. The van der Waals surface area contributed by atoms with Crippen LogP contribution < -0.4 is 0 Å². The van der Waals surface area contributed by atoms with Crippen molar-refractivity contribution in [1.29, 1.82) is 0 Å². The summed E-state index contributed by atoms with van der Waals surface area (Å²) in [4.78, 5) is 17.3. The number of amides is 1. The van der Waals surface area contributed by atoms with Gasteiger partial charge < -0.3 is 14.5 Å². The second-order valence-corrected chi connectivity index (χ2v) is 7.47. The Kier molecular flexibility index (Phi) is 5.57. The van der Waals surface area contributed by atoms with Crippen LogP contribution in [0.25, 0.3) is 0 Å². The highest BCUT2D eigenvalue weighted by Gasteiger charge is 2.46. The fraction of sp³-hybridized carbons (Fsp3) is 0.650.